The van der Waals surface area contributed by atoms with Gasteiger partial charge >= 0.3 is 11.9 Å². The lowest BCUT2D eigenvalue weighted by Crippen LogP contribution is -2.35. The number of pyridine rings is 2. The molecular weight excluding hydrogens is 440 g/mol. The van der Waals surface area contributed by atoms with E-state index in [0.717, 1.165) is 22.3 Å². The molecule has 6 nitrogen and oxygen atoms in total. The van der Waals surface area contributed by atoms with Crippen LogP contribution in [0.1, 0.15) is 73.4 Å². The molecule has 6 heteroatoms. The van der Waals surface area contributed by atoms with Crippen molar-refractivity contribution in [1.29, 1.82) is 0 Å². The van der Waals surface area contributed by atoms with Crippen LogP contribution in [0.4, 0.5) is 0 Å². The van der Waals surface area contributed by atoms with Gasteiger partial charge in [-0.1, -0.05) is 48.5 Å². The maximum atomic E-state index is 13.0. The van der Waals surface area contributed by atoms with Gasteiger partial charge in [0.25, 0.3) is 0 Å². The zero-order valence-electron chi connectivity index (χ0n) is 18.8. The molecule has 2 heterocycles. The van der Waals surface area contributed by atoms with E-state index in [-0.39, 0.29) is 23.8 Å². The molecule has 0 aliphatic heterocycles. The first kappa shape index (κ1) is 21.2. The van der Waals surface area contributed by atoms with Crippen LogP contribution < -0.4 is 0 Å². The second-order valence-electron chi connectivity index (χ2n) is 8.83. The van der Waals surface area contributed by atoms with Crippen molar-refractivity contribution in [2.45, 2.75) is 30.5 Å². The highest BCUT2D eigenvalue weighted by atomic mass is 16.5. The van der Waals surface area contributed by atoms with Crippen molar-refractivity contribution < 1.29 is 19.1 Å². The van der Waals surface area contributed by atoms with Gasteiger partial charge in [0, 0.05) is 36.6 Å². The van der Waals surface area contributed by atoms with Gasteiger partial charge in [0.05, 0.1) is 11.1 Å². The summed E-state index contributed by atoms with van der Waals surface area (Å²) in [5, 5.41) is 0. The molecule has 2 aromatic heterocycles. The summed E-state index contributed by atoms with van der Waals surface area (Å²) in [4.78, 5) is 34.1. The molecule has 0 N–H and O–H groups in total. The van der Waals surface area contributed by atoms with Crippen molar-refractivity contribution >= 4 is 11.9 Å². The molecule has 4 aromatic rings. The molecule has 2 aliphatic carbocycles. The highest BCUT2D eigenvalue weighted by Crippen LogP contribution is 2.58. The first-order valence-corrected chi connectivity index (χ1v) is 11.6. The third-order valence-corrected chi connectivity index (χ3v) is 6.94. The molecule has 0 amide bonds. The Morgan fingerprint density at radius 3 is 1.34 bits per heavy atom. The number of rotatable bonds is 4. The van der Waals surface area contributed by atoms with E-state index in [0.29, 0.717) is 17.5 Å². The van der Waals surface area contributed by atoms with Crippen molar-refractivity contribution in [2.24, 2.45) is 0 Å². The Hall–Kier alpha value is -4.32. The fourth-order valence-corrected chi connectivity index (χ4v) is 5.38. The maximum absolute atomic E-state index is 13.0. The molecule has 2 bridgehead atoms. The van der Waals surface area contributed by atoms with Gasteiger partial charge in [0.2, 0.25) is 0 Å². The van der Waals surface area contributed by atoms with Crippen LogP contribution in [-0.4, -0.2) is 21.9 Å². The Balaban J connectivity index is 1.41. The molecule has 172 valence electrons. The number of carbonyl (C=O) groups is 2. The van der Waals surface area contributed by atoms with E-state index in [4.69, 9.17) is 9.47 Å². The average molecular weight is 463 g/mol. The number of hydrogen-bond acceptors (Lipinski definition) is 6. The monoisotopic (exact) mass is 462 g/mol. The van der Waals surface area contributed by atoms with Gasteiger partial charge in [-0.05, 0) is 52.9 Å². The molecule has 0 unspecified atom stereocenters. The van der Waals surface area contributed by atoms with Gasteiger partial charge in [-0.2, -0.15) is 0 Å². The van der Waals surface area contributed by atoms with Crippen molar-refractivity contribution in [3.8, 4) is 0 Å². The highest BCUT2D eigenvalue weighted by Gasteiger charge is 2.47. The van der Waals surface area contributed by atoms with E-state index in [2.05, 4.69) is 9.97 Å². The summed E-state index contributed by atoms with van der Waals surface area (Å²) in [5.74, 6) is -0.857. The van der Waals surface area contributed by atoms with Crippen LogP contribution in [0.5, 0.6) is 0 Å². The Kier molecular flexibility index (Phi) is 5.34. The van der Waals surface area contributed by atoms with Crippen molar-refractivity contribution in [3.05, 3.63) is 131 Å². The molecule has 0 saturated carbocycles. The molecule has 6 rings (SSSR count). The summed E-state index contributed by atoms with van der Waals surface area (Å²) in [5.41, 5.74) is 4.92. The zero-order valence-corrected chi connectivity index (χ0v) is 18.8. The van der Waals surface area contributed by atoms with E-state index >= 15 is 0 Å². The third-order valence-electron chi connectivity index (χ3n) is 6.94. The number of nitrogens with zero attached hydrogens (tertiary/aromatic N) is 2. The molecule has 2 aromatic carbocycles. The summed E-state index contributed by atoms with van der Waals surface area (Å²) < 4.78 is 12.3. The summed E-state index contributed by atoms with van der Waals surface area (Å²) in [6.45, 7) is 0. The standard InChI is InChI=1S/C29H22N2O4/c32-28(18-9-13-30-14-10-18)34-26-22-7-3-1-5-20(22)24-17-25(26)21-6-2-4-8-23(21)27(24)35-29(33)19-11-15-31-16-12-19/h1-16,24-27H,17H2/t24-,25-,26-,27-/m0/s1. The van der Waals surface area contributed by atoms with Gasteiger partial charge in [-0.3, -0.25) is 9.97 Å². The van der Waals surface area contributed by atoms with Gasteiger partial charge in [0.15, 0.2) is 0 Å². The second-order valence-corrected chi connectivity index (χ2v) is 8.83. The SMILES string of the molecule is O=C(O[C@H]1c2ccccc2[C@@H]2C[C@H]1c1ccccc1[C@@H]2OC(=O)c1ccncc1)c1ccncc1. The minimum atomic E-state index is -0.443. The molecular formula is C29H22N2O4. The molecule has 0 saturated heterocycles. The second kappa shape index (κ2) is 8.80. The average Bonchev–Trinajstić information content (AvgIpc) is 2.93. The quantitative estimate of drug-likeness (QED) is 0.370. The van der Waals surface area contributed by atoms with Crippen LogP contribution in [0.3, 0.4) is 0 Å². The van der Waals surface area contributed by atoms with Crippen LogP contribution in [0.15, 0.2) is 97.6 Å². The predicted octanol–water partition coefficient (Wildman–Crippen LogP) is 5.56. The van der Waals surface area contributed by atoms with E-state index in [1.165, 1.54) is 0 Å². The molecule has 35 heavy (non-hydrogen) atoms. The number of carbonyl (C=O) groups excluding carboxylic acids is 2. The first-order chi connectivity index (χ1) is 17.2. The molecule has 0 spiro atoms. The predicted molar refractivity (Wildman–Crippen MR) is 128 cm³/mol. The summed E-state index contributed by atoms with van der Waals surface area (Å²) >= 11 is 0. The maximum Gasteiger partial charge on any atom is 0.338 e. The Morgan fingerprint density at radius 1 is 0.571 bits per heavy atom. The number of ether oxygens (including phenoxy) is 2. The number of hydrogen-bond donors (Lipinski definition) is 0. The lowest BCUT2D eigenvalue weighted by molar-refractivity contribution is -0.00163. The molecule has 0 radical (unpaired) electrons. The van der Waals surface area contributed by atoms with E-state index in [1.54, 1.807) is 49.1 Å². The van der Waals surface area contributed by atoms with Crippen LogP contribution in [0, 0.1) is 0 Å². The molecule has 0 fully saturated rings. The zero-order chi connectivity index (χ0) is 23.8. The topological polar surface area (TPSA) is 78.4 Å². The Bertz CT molecular complexity index is 1280. The lowest BCUT2D eigenvalue weighted by atomic mass is 9.64. The number of aromatic nitrogens is 2. The van der Waals surface area contributed by atoms with Gasteiger partial charge in [-0.25, -0.2) is 9.59 Å². The van der Waals surface area contributed by atoms with Gasteiger partial charge < -0.3 is 9.47 Å². The summed E-state index contributed by atoms with van der Waals surface area (Å²) in [6, 6.07) is 22.6. The molecule has 4 atom stereocenters. The van der Waals surface area contributed by atoms with E-state index < -0.39 is 12.2 Å². The summed E-state index contributed by atoms with van der Waals surface area (Å²) in [6.07, 6.45) is 6.15. The van der Waals surface area contributed by atoms with Crippen molar-refractivity contribution in [1.82, 2.24) is 9.97 Å². The van der Waals surface area contributed by atoms with E-state index in [9.17, 15) is 9.59 Å². The Labute approximate surface area is 202 Å². The summed E-state index contributed by atoms with van der Waals surface area (Å²) in [7, 11) is 0. The van der Waals surface area contributed by atoms with Crippen LogP contribution >= 0.6 is 0 Å². The lowest BCUT2D eigenvalue weighted by Gasteiger charge is -2.45. The first-order valence-electron chi connectivity index (χ1n) is 11.6. The minimum Gasteiger partial charge on any atom is -0.453 e. The highest BCUT2D eigenvalue weighted by molar-refractivity contribution is 5.90. The minimum absolute atomic E-state index is 0.0484. The van der Waals surface area contributed by atoms with Crippen molar-refractivity contribution in [2.75, 3.05) is 0 Å². The van der Waals surface area contributed by atoms with Crippen molar-refractivity contribution in [3.63, 3.8) is 0 Å². The fraction of sp³-hybridized carbons (Fsp3) is 0.172. The number of esters is 2. The van der Waals surface area contributed by atoms with Gasteiger partial charge in [-0.15, -0.1) is 0 Å². The van der Waals surface area contributed by atoms with Crippen LogP contribution in [0.2, 0.25) is 0 Å². The normalized spacial score (nSPS) is 21.8. The van der Waals surface area contributed by atoms with Crippen LogP contribution in [-0.2, 0) is 9.47 Å². The van der Waals surface area contributed by atoms with Gasteiger partial charge in [0.1, 0.15) is 12.2 Å². The fourth-order valence-electron chi connectivity index (χ4n) is 5.38. The number of benzene rings is 2. The largest absolute Gasteiger partial charge is 0.453 e. The third kappa shape index (κ3) is 3.77. The number of fused-ring (bicyclic) bond motifs is 6. The Morgan fingerprint density at radius 2 is 0.943 bits per heavy atom. The van der Waals surface area contributed by atoms with E-state index in [1.807, 2.05) is 48.5 Å². The molecule has 2 aliphatic rings. The van der Waals surface area contributed by atoms with Crippen LogP contribution in [0.25, 0.3) is 0 Å². The smallest absolute Gasteiger partial charge is 0.338 e.